The van der Waals surface area contributed by atoms with E-state index in [4.69, 9.17) is 4.74 Å². The van der Waals surface area contributed by atoms with Crippen molar-refractivity contribution in [3.63, 3.8) is 0 Å². The van der Waals surface area contributed by atoms with Crippen LogP contribution in [0.1, 0.15) is 25.3 Å². The highest BCUT2D eigenvalue weighted by atomic mass is 16.5. The average Bonchev–Trinajstić information content (AvgIpc) is 2.44. The molecule has 21 heavy (non-hydrogen) atoms. The summed E-state index contributed by atoms with van der Waals surface area (Å²) in [5.41, 5.74) is 0.427. The largest absolute Gasteiger partial charge is 0.497 e. The molecule has 0 saturated carbocycles. The molecule has 1 fully saturated rings. The van der Waals surface area contributed by atoms with Crippen LogP contribution in [0.25, 0.3) is 0 Å². The number of ether oxygens (including phenoxy) is 1. The Morgan fingerprint density at radius 2 is 2.24 bits per heavy atom. The number of rotatable bonds is 7. The average molecular weight is 292 g/mol. The second kappa shape index (κ2) is 6.91. The van der Waals surface area contributed by atoms with Crippen molar-refractivity contribution < 1.29 is 14.6 Å². The van der Waals surface area contributed by atoms with E-state index in [9.17, 15) is 9.90 Å². The van der Waals surface area contributed by atoms with Crippen molar-refractivity contribution in [2.24, 2.45) is 0 Å². The lowest BCUT2D eigenvalue weighted by atomic mass is 9.89. The number of hydrogen-bond donors (Lipinski definition) is 2. The number of methoxy groups -OCH3 is 1. The van der Waals surface area contributed by atoms with Crippen LogP contribution in [0.2, 0.25) is 0 Å². The molecule has 0 spiro atoms. The summed E-state index contributed by atoms with van der Waals surface area (Å²) in [6.45, 7) is 4.07. The zero-order valence-electron chi connectivity index (χ0n) is 12.8. The topological polar surface area (TPSA) is 61.8 Å². The molecule has 1 saturated heterocycles. The van der Waals surface area contributed by atoms with Gasteiger partial charge in [-0.05, 0) is 24.1 Å². The zero-order chi connectivity index (χ0) is 15.3. The third-order valence-electron chi connectivity index (χ3n) is 3.74. The fraction of sp³-hybridized carbons (Fsp3) is 0.562. The SMILES string of the molecule is CCCC1(O)CN(CC(=O)NCc2cccc(OC)c2)C1. The normalized spacial score (nSPS) is 17.1. The number of nitrogens with zero attached hydrogens (tertiary/aromatic N) is 1. The Labute approximate surface area is 125 Å². The van der Waals surface area contributed by atoms with Crippen LogP contribution in [0.4, 0.5) is 0 Å². The van der Waals surface area contributed by atoms with Crippen molar-refractivity contribution in [2.45, 2.75) is 31.9 Å². The number of likely N-dealkylation sites (tertiary alicyclic amines) is 1. The summed E-state index contributed by atoms with van der Waals surface area (Å²) in [7, 11) is 1.62. The van der Waals surface area contributed by atoms with Gasteiger partial charge >= 0.3 is 0 Å². The van der Waals surface area contributed by atoms with Crippen LogP contribution in [0, 0.1) is 0 Å². The molecular weight excluding hydrogens is 268 g/mol. The summed E-state index contributed by atoms with van der Waals surface area (Å²) in [6, 6.07) is 7.64. The predicted octanol–water partition coefficient (Wildman–Crippen LogP) is 1.16. The van der Waals surface area contributed by atoms with Crippen LogP contribution in [0.15, 0.2) is 24.3 Å². The quantitative estimate of drug-likeness (QED) is 0.791. The molecule has 1 amide bonds. The zero-order valence-corrected chi connectivity index (χ0v) is 12.8. The first-order valence-electron chi connectivity index (χ1n) is 7.39. The number of β-amino-alcohol motifs (C(OH)–C–C–N with tert-alkyl or cyclic N) is 1. The number of carbonyl (C=O) groups excluding carboxylic acids is 1. The van der Waals surface area contributed by atoms with Gasteiger partial charge in [-0.3, -0.25) is 9.69 Å². The highest BCUT2D eigenvalue weighted by Crippen LogP contribution is 2.25. The molecule has 1 heterocycles. The monoisotopic (exact) mass is 292 g/mol. The van der Waals surface area contributed by atoms with Gasteiger partial charge < -0.3 is 15.2 Å². The van der Waals surface area contributed by atoms with Gasteiger partial charge in [0, 0.05) is 19.6 Å². The van der Waals surface area contributed by atoms with Gasteiger partial charge in [0.25, 0.3) is 0 Å². The molecule has 0 unspecified atom stereocenters. The lowest BCUT2D eigenvalue weighted by Crippen LogP contribution is -2.63. The van der Waals surface area contributed by atoms with Crippen molar-refractivity contribution >= 4 is 5.91 Å². The van der Waals surface area contributed by atoms with E-state index in [-0.39, 0.29) is 5.91 Å². The van der Waals surface area contributed by atoms with E-state index in [1.54, 1.807) is 7.11 Å². The summed E-state index contributed by atoms with van der Waals surface area (Å²) in [5.74, 6) is 0.769. The summed E-state index contributed by atoms with van der Waals surface area (Å²) in [4.78, 5) is 13.8. The second-order valence-corrected chi connectivity index (χ2v) is 5.75. The van der Waals surface area contributed by atoms with E-state index in [1.807, 2.05) is 29.2 Å². The molecule has 0 aromatic heterocycles. The van der Waals surface area contributed by atoms with Crippen LogP contribution in [-0.2, 0) is 11.3 Å². The number of aliphatic hydroxyl groups is 1. The summed E-state index contributed by atoms with van der Waals surface area (Å²) in [5, 5.41) is 13.0. The smallest absolute Gasteiger partial charge is 0.234 e. The van der Waals surface area contributed by atoms with E-state index in [0.29, 0.717) is 26.2 Å². The summed E-state index contributed by atoms with van der Waals surface area (Å²) < 4.78 is 5.15. The Bertz CT molecular complexity index is 484. The Morgan fingerprint density at radius 1 is 1.48 bits per heavy atom. The van der Waals surface area contributed by atoms with Gasteiger partial charge in [0.2, 0.25) is 5.91 Å². The number of hydrogen-bond acceptors (Lipinski definition) is 4. The standard InChI is InChI=1S/C16H24N2O3/c1-3-7-16(20)11-18(12-16)10-15(19)17-9-13-5-4-6-14(8-13)21-2/h4-6,8,20H,3,7,9-12H2,1-2H3,(H,17,19). The van der Waals surface area contributed by atoms with Gasteiger partial charge in [0.05, 0.1) is 19.3 Å². The molecule has 5 nitrogen and oxygen atoms in total. The van der Waals surface area contributed by atoms with E-state index in [2.05, 4.69) is 12.2 Å². The van der Waals surface area contributed by atoms with Crippen LogP contribution < -0.4 is 10.1 Å². The highest BCUT2D eigenvalue weighted by molar-refractivity contribution is 5.78. The van der Waals surface area contributed by atoms with Crippen LogP contribution in [-0.4, -0.2) is 48.3 Å². The molecule has 0 bridgehead atoms. The Hall–Kier alpha value is -1.59. The van der Waals surface area contributed by atoms with Crippen LogP contribution >= 0.6 is 0 Å². The third kappa shape index (κ3) is 4.44. The molecule has 0 atom stereocenters. The van der Waals surface area contributed by atoms with Crippen LogP contribution in [0.5, 0.6) is 5.75 Å². The fourth-order valence-electron chi connectivity index (χ4n) is 2.76. The van der Waals surface area contributed by atoms with Crippen molar-refractivity contribution in [3.8, 4) is 5.75 Å². The number of benzene rings is 1. The molecule has 1 aromatic carbocycles. The number of carbonyl (C=O) groups is 1. The maximum Gasteiger partial charge on any atom is 0.234 e. The minimum absolute atomic E-state index is 0.0173. The molecule has 1 aliphatic heterocycles. The maximum atomic E-state index is 11.9. The molecule has 116 valence electrons. The first-order valence-corrected chi connectivity index (χ1v) is 7.39. The lowest BCUT2D eigenvalue weighted by Gasteiger charge is -2.46. The molecule has 0 radical (unpaired) electrons. The third-order valence-corrected chi connectivity index (χ3v) is 3.74. The van der Waals surface area contributed by atoms with Gasteiger partial charge in [-0.2, -0.15) is 0 Å². The highest BCUT2D eigenvalue weighted by Gasteiger charge is 2.40. The minimum atomic E-state index is -0.582. The van der Waals surface area contributed by atoms with Crippen molar-refractivity contribution in [2.75, 3.05) is 26.7 Å². The Kier molecular flexibility index (Phi) is 5.20. The van der Waals surface area contributed by atoms with E-state index < -0.39 is 5.60 Å². The van der Waals surface area contributed by atoms with Gasteiger partial charge in [-0.25, -0.2) is 0 Å². The van der Waals surface area contributed by atoms with Gasteiger partial charge in [-0.1, -0.05) is 25.5 Å². The van der Waals surface area contributed by atoms with E-state index in [1.165, 1.54) is 0 Å². The van der Waals surface area contributed by atoms with Crippen molar-refractivity contribution in [3.05, 3.63) is 29.8 Å². The molecule has 1 aromatic rings. The minimum Gasteiger partial charge on any atom is -0.497 e. The first kappa shape index (κ1) is 15.8. The predicted molar refractivity (Wildman–Crippen MR) is 81.1 cm³/mol. The molecule has 1 aliphatic rings. The molecule has 2 N–H and O–H groups in total. The lowest BCUT2D eigenvalue weighted by molar-refractivity contribution is -0.133. The Morgan fingerprint density at radius 3 is 2.90 bits per heavy atom. The molecule has 5 heteroatoms. The second-order valence-electron chi connectivity index (χ2n) is 5.75. The maximum absolute atomic E-state index is 11.9. The molecule has 0 aliphatic carbocycles. The van der Waals surface area contributed by atoms with Gasteiger partial charge in [0.15, 0.2) is 0 Å². The van der Waals surface area contributed by atoms with Gasteiger partial charge in [0.1, 0.15) is 5.75 Å². The van der Waals surface area contributed by atoms with E-state index >= 15 is 0 Å². The van der Waals surface area contributed by atoms with E-state index in [0.717, 1.165) is 24.2 Å². The molecular formula is C16H24N2O3. The van der Waals surface area contributed by atoms with Crippen molar-refractivity contribution in [1.82, 2.24) is 10.2 Å². The van der Waals surface area contributed by atoms with Gasteiger partial charge in [-0.15, -0.1) is 0 Å². The Balaban J connectivity index is 1.71. The van der Waals surface area contributed by atoms with Crippen LogP contribution in [0.3, 0.4) is 0 Å². The summed E-state index contributed by atoms with van der Waals surface area (Å²) >= 11 is 0. The fourth-order valence-corrected chi connectivity index (χ4v) is 2.76. The number of amides is 1. The number of nitrogens with one attached hydrogen (secondary N) is 1. The first-order chi connectivity index (χ1) is 10.0. The van der Waals surface area contributed by atoms with Crippen molar-refractivity contribution in [1.29, 1.82) is 0 Å². The molecule has 2 rings (SSSR count). The summed E-state index contributed by atoms with van der Waals surface area (Å²) in [6.07, 6.45) is 1.77.